The van der Waals surface area contributed by atoms with E-state index in [9.17, 15) is 4.79 Å². The number of aryl methyl sites for hydroxylation is 1. The Hall–Kier alpha value is -2.69. The zero-order valence-corrected chi connectivity index (χ0v) is 13.3. The Labute approximate surface area is 135 Å². The molecule has 2 aromatic rings. The fourth-order valence-electron chi connectivity index (χ4n) is 2.54. The second-order valence-corrected chi connectivity index (χ2v) is 5.64. The van der Waals surface area contributed by atoms with Crippen molar-refractivity contribution in [3.8, 4) is 11.5 Å². The van der Waals surface area contributed by atoms with E-state index in [0.717, 1.165) is 5.75 Å². The number of rotatable bonds is 4. The van der Waals surface area contributed by atoms with Gasteiger partial charge in [0.1, 0.15) is 18.1 Å². The number of nitrogens with two attached hydrogens (primary N) is 1. The van der Waals surface area contributed by atoms with E-state index in [2.05, 4.69) is 0 Å². The summed E-state index contributed by atoms with van der Waals surface area (Å²) < 4.78 is 11.3. The molecule has 0 saturated carbocycles. The number of nitrogen functional groups attached to an aromatic ring is 1. The average Bonchev–Trinajstić information content (AvgIpc) is 2.53. The molecule has 2 N–H and O–H groups in total. The van der Waals surface area contributed by atoms with E-state index in [1.807, 2.05) is 31.2 Å². The van der Waals surface area contributed by atoms with Crippen molar-refractivity contribution in [3.63, 3.8) is 0 Å². The Bertz CT molecular complexity index is 713. The van der Waals surface area contributed by atoms with Gasteiger partial charge in [0.05, 0.1) is 12.2 Å². The molecule has 1 atom stereocenters. The number of hydrogen-bond donors (Lipinski definition) is 1. The quantitative estimate of drug-likeness (QED) is 0.882. The maximum Gasteiger partial charge on any atom is 0.267 e. The molecule has 0 radical (unpaired) electrons. The van der Waals surface area contributed by atoms with Crippen LogP contribution in [0, 0.1) is 6.92 Å². The Morgan fingerprint density at radius 1 is 1.22 bits per heavy atom. The maximum atomic E-state index is 12.4. The van der Waals surface area contributed by atoms with E-state index in [1.54, 1.807) is 30.0 Å². The maximum absolute atomic E-state index is 12.4. The zero-order chi connectivity index (χ0) is 16.4. The predicted octanol–water partition coefficient (Wildman–Crippen LogP) is 2.77. The fraction of sp³-hybridized carbons (Fsp3) is 0.278. The molecule has 1 heterocycles. The SMILES string of the molecule is Cc1ccc(OCCN2C(=O)C(C)Oc3ccc(N)cc32)cc1. The van der Waals surface area contributed by atoms with Gasteiger partial charge in [-0.2, -0.15) is 0 Å². The van der Waals surface area contributed by atoms with Crippen molar-refractivity contribution in [3.05, 3.63) is 48.0 Å². The van der Waals surface area contributed by atoms with Crippen LogP contribution in [0.3, 0.4) is 0 Å². The minimum absolute atomic E-state index is 0.0874. The number of amides is 1. The first-order chi connectivity index (χ1) is 11.0. The van der Waals surface area contributed by atoms with Gasteiger partial charge in [-0.1, -0.05) is 17.7 Å². The van der Waals surface area contributed by atoms with Crippen LogP contribution in [0.2, 0.25) is 0 Å². The monoisotopic (exact) mass is 312 g/mol. The van der Waals surface area contributed by atoms with Gasteiger partial charge in [-0.3, -0.25) is 4.79 Å². The first-order valence-electron chi connectivity index (χ1n) is 7.61. The number of hydrogen-bond acceptors (Lipinski definition) is 4. The molecule has 1 aliphatic heterocycles. The molecule has 1 unspecified atom stereocenters. The second kappa shape index (κ2) is 6.20. The Morgan fingerprint density at radius 2 is 1.96 bits per heavy atom. The normalized spacial score (nSPS) is 16.7. The van der Waals surface area contributed by atoms with Crippen LogP contribution >= 0.6 is 0 Å². The third-order valence-electron chi connectivity index (χ3n) is 3.80. The minimum Gasteiger partial charge on any atom is -0.492 e. The van der Waals surface area contributed by atoms with E-state index in [4.69, 9.17) is 15.2 Å². The van der Waals surface area contributed by atoms with Crippen molar-refractivity contribution < 1.29 is 14.3 Å². The van der Waals surface area contributed by atoms with Crippen LogP contribution < -0.4 is 20.1 Å². The summed E-state index contributed by atoms with van der Waals surface area (Å²) >= 11 is 0. The molecule has 0 spiro atoms. The number of ether oxygens (including phenoxy) is 2. The number of carbonyl (C=O) groups excluding carboxylic acids is 1. The van der Waals surface area contributed by atoms with Crippen LogP contribution in [0.25, 0.3) is 0 Å². The lowest BCUT2D eigenvalue weighted by Gasteiger charge is -2.33. The van der Waals surface area contributed by atoms with E-state index in [1.165, 1.54) is 5.56 Å². The van der Waals surface area contributed by atoms with Crippen molar-refractivity contribution in [1.82, 2.24) is 0 Å². The van der Waals surface area contributed by atoms with Gasteiger partial charge >= 0.3 is 0 Å². The van der Waals surface area contributed by atoms with Crippen LogP contribution in [0.1, 0.15) is 12.5 Å². The summed E-state index contributed by atoms with van der Waals surface area (Å²) in [6, 6.07) is 13.1. The highest BCUT2D eigenvalue weighted by atomic mass is 16.5. The smallest absolute Gasteiger partial charge is 0.267 e. The van der Waals surface area contributed by atoms with Gasteiger partial charge in [-0.15, -0.1) is 0 Å². The van der Waals surface area contributed by atoms with Gasteiger partial charge < -0.3 is 20.1 Å². The zero-order valence-electron chi connectivity index (χ0n) is 13.3. The van der Waals surface area contributed by atoms with Crippen molar-refractivity contribution in [2.75, 3.05) is 23.8 Å². The molecular formula is C18H20N2O3. The molecule has 23 heavy (non-hydrogen) atoms. The highest BCUT2D eigenvalue weighted by Gasteiger charge is 2.31. The molecule has 5 nitrogen and oxygen atoms in total. The molecule has 2 aromatic carbocycles. The van der Waals surface area contributed by atoms with Crippen molar-refractivity contribution in [2.45, 2.75) is 20.0 Å². The average molecular weight is 312 g/mol. The molecule has 0 fully saturated rings. The van der Waals surface area contributed by atoms with E-state index in [0.29, 0.717) is 30.3 Å². The minimum atomic E-state index is -0.509. The summed E-state index contributed by atoms with van der Waals surface area (Å²) in [4.78, 5) is 14.1. The molecule has 0 aliphatic carbocycles. The Kier molecular flexibility index (Phi) is 4.10. The largest absolute Gasteiger partial charge is 0.492 e. The van der Waals surface area contributed by atoms with Crippen LogP contribution in [-0.4, -0.2) is 25.2 Å². The first-order valence-corrected chi connectivity index (χ1v) is 7.61. The number of anilines is 2. The van der Waals surface area contributed by atoms with Gasteiger partial charge in [-0.25, -0.2) is 0 Å². The van der Waals surface area contributed by atoms with Crippen molar-refractivity contribution >= 4 is 17.3 Å². The summed E-state index contributed by atoms with van der Waals surface area (Å²) in [7, 11) is 0. The molecular weight excluding hydrogens is 292 g/mol. The number of benzene rings is 2. The molecule has 0 saturated heterocycles. The van der Waals surface area contributed by atoms with Gasteiger partial charge in [-0.05, 0) is 44.2 Å². The summed E-state index contributed by atoms with van der Waals surface area (Å²) in [5.41, 5.74) is 8.30. The topological polar surface area (TPSA) is 64.8 Å². The molecule has 5 heteroatoms. The Morgan fingerprint density at radius 3 is 2.70 bits per heavy atom. The second-order valence-electron chi connectivity index (χ2n) is 5.64. The van der Waals surface area contributed by atoms with Crippen molar-refractivity contribution in [2.24, 2.45) is 0 Å². The Balaban J connectivity index is 1.72. The van der Waals surface area contributed by atoms with Crippen LogP contribution in [0.4, 0.5) is 11.4 Å². The van der Waals surface area contributed by atoms with Crippen molar-refractivity contribution in [1.29, 1.82) is 0 Å². The van der Waals surface area contributed by atoms with Gasteiger partial charge in [0.2, 0.25) is 0 Å². The van der Waals surface area contributed by atoms with Gasteiger partial charge in [0.25, 0.3) is 5.91 Å². The lowest BCUT2D eigenvalue weighted by molar-refractivity contribution is -0.125. The van der Waals surface area contributed by atoms with Crippen LogP contribution in [0.15, 0.2) is 42.5 Å². The lowest BCUT2D eigenvalue weighted by Crippen LogP contribution is -2.46. The predicted molar refractivity (Wildman–Crippen MR) is 90.0 cm³/mol. The molecule has 120 valence electrons. The fourth-order valence-corrected chi connectivity index (χ4v) is 2.54. The summed E-state index contributed by atoms with van der Waals surface area (Å²) in [5.74, 6) is 1.37. The van der Waals surface area contributed by atoms with E-state index < -0.39 is 6.10 Å². The lowest BCUT2D eigenvalue weighted by atomic mass is 10.1. The molecule has 1 aliphatic rings. The number of fused-ring (bicyclic) bond motifs is 1. The third-order valence-corrected chi connectivity index (χ3v) is 3.80. The van der Waals surface area contributed by atoms with Crippen LogP contribution in [-0.2, 0) is 4.79 Å². The highest BCUT2D eigenvalue weighted by molar-refractivity contribution is 6.00. The van der Waals surface area contributed by atoms with Crippen LogP contribution in [0.5, 0.6) is 11.5 Å². The molecule has 1 amide bonds. The standard InChI is InChI=1S/C18H20N2O3/c1-12-3-6-15(7-4-12)22-10-9-20-16-11-14(19)5-8-17(16)23-13(2)18(20)21/h3-8,11,13H,9-10,19H2,1-2H3. The highest BCUT2D eigenvalue weighted by Crippen LogP contribution is 2.35. The number of nitrogens with zero attached hydrogens (tertiary/aromatic N) is 1. The van der Waals surface area contributed by atoms with E-state index >= 15 is 0 Å². The molecule has 3 rings (SSSR count). The molecule has 0 bridgehead atoms. The van der Waals surface area contributed by atoms with Gasteiger partial charge in [0.15, 0.2) is 6.10 Å². The number of carbonyl (C=O) groups is 1. The van der Waals surface area contributed by atoms with Gasteiger partial charge in [0, 0.05) is 5.69 Å². The third kappa shape index (κ3) is 3.23. The summed E-state index contributed by atoms with van der Waals surface area (Å²) in [6.45, 7) is 4.61. The summed E-state index contributed by atoms with van der Waals surface area (Å²) in [6.07, 6.45) is -0.509. The first kappa shape index (κ1) is 15.2. The molecule has 0 aromatic heterocycles. The summed E-state index contributed by atoms with van der Waals surface area (Å²) in [5, 5.41) is 0. The van der Waals surface area contributed by atoms with E-state index in [-0.39, 0.29) is 5.91 Å².